The second-order valence-corrected chi connectivity index (χ2v) is 11.7. The minimum Gasteiger partial charge on any atom is -0.354 e. The van der Waals surface area contributed by atoms with E-state index in [0.29, 0.717) is 0 Å². The number of para-hydroxylation sites is 1. The van der Waals surface area contributed by atoms with Gasteiger partial charge in [0.2, 0.25) is 0 Å². The highest BCUT2D eigenvalue weighted by atomic mass is 15.0. The number of rotatable bonds is 1. The van der Waals surface area contributed by atoms with Crippen molar-refractivity contribution in [1.29, 1.82) is 0 Å². The van der Waals surface area contributed by atoms with Crippen LogP contribution in [0.15, 0.2) is 78.9 Å². The van der Waals surface area contributed by atoms with Crippen molar-refractivity contribution in [2.75, 3.05) is 0 Å². The van der Waals surface area contributed by atoms with Crippen LogP contribution in [-0.4, -0.2) is 9.55 Å². The van der Waals surface area contributed by atoms with Crippen LogP contribution in [0.5, 0.6) is 0 Å². The standard InChI is InChI=1S/C32H32N2/c1-31(2,3)20-11-15-29-25(17-20)26-18-21(32(4,5)6)12-16-30(26)34(29)22-13-14-24-23-9-7-8-10-27(23)33-28(24)19-22/h7-19,33H,1-6H3. The first kappa shape index (κ1) is 21.0. The van der Waals surface area contributed by atoms with Crippen molar-refractivity contribution < 1.29 is 0 Å². The van der Waals surface area contributed by atoms with Crippen molar-refractivity contribution in [1.82, 2.24) is 9.55 Å². The fourth-order valence-corrected chi connectivity index (χ4v) is 5.22. The summed E-state index contributed by atoms with van der Waals surface area (Å²) in [5.41, 5.74) is 8.99. The molecular weight excluding hydrogens is 412 g/mol. The summed E-state index contributed by atoms with van der Waals surface area (Å²) in [6.07, 6.45) is 0. The molecule has 0 unspecified atom stereocenters. The molecule has 0 aliphatic carbocycles. The topological polar surface area (TPSA) is 20.7 Å². The Kier molecular flexibility index (Phi) is 4.33. The molecule has 0 amide bonds. The van der Waals surface area contributed by atoms with Gasteiger partial charge in [0.25, 0.3) is 0 Å². The first-order valence-electron chi connectivity index (χ1n) is 12.2. The molecule has 0 aliphatic rings. The van der Waals surface area contributed by atoms with Gasteiger partial charge in [0, 0.05) is 38.3 Å². The average molecular weight is 445 g/mol. The largest absolute Gasteiger partial charge is 0.354 e. The van der Waals surface area contributed by atoms with E-state index >= 15 is 0 Å². The number of hydrogen-bond donors (Lipinski definition) is 1. The Morgan fingerprint density at radius 1 is 0.529 bits per heavy atom. The Morgan fingerprint density at radius 3 is 1.68 bits per heavy atom. The molecule has 0 saturated heterocycles. The van der Waals surface area contributed by atoms with Gasteiger partial charge in [-0.2, -0.15) is 0 Å². The maximum absolute atomic E-state index is 3.62. The highest BCUT2D eigenvalue weighted by molar-refractivity contribution is 6.11. The second-order valence-electron chi connectivity index (χ2n) is 11.7. The van der Waals surface area contributed by atoms with E-state index in [1.165, 1.54) is 60.4 Å². The molecular formula is C32H32N2. The number of fused-ring (bicyclic) bond motifs is 6. The van der Waals surface area contributed by atoms with Gasteiger partial charge >= 0.3 is 0 Å². The van der Waals surface area contributed by atoms with Crippen LogP contribution in [0.2, 0.25) is 0 Å². The lowest BCUT2D eigenvalue weighted by Crippen LogP contribution is -2.10. The van der Waals surface area contributed by atoms with E-state index in [2.05, 4.69) is 130 Å². The molecule has 0 aliphatic heterocycles. The lowest BCUT2D eigenvalue weighted by molar-refractivity contribution is 0.590. The van der Waals surface area contributed by atoms with Gasteiger partial charge in [-0.3, -0.25) is 0 Å². The zero-order valence-corrected chi connectivity index (χ0v) is 21.0. The molecule has 0 saturated carbocycles. The second kappa shape index (κ2) is 6.99. The number of nitrogens with one attached hydrogen (secondary N) is 1. The summed E-state index contributed by atoms with van der Waals surface area (Å²) in [4.78, 5) is 3.62. The molecule has 0 spiro atoms. The van der Waals surface area contributed by atoms with Gasteiger partial charge in [-0.25, -0.2) is 0 Å². The van der Waals surface area contributed by atoms with E-state index in [-0.39, 0.29) is 10.8 Å². The summed E-state index contributed by atoms with van der Waals surface area (Å²) < 4.78 is 2.43. The van der Waals surface area contributed by atoms with Crippen molar-refractivity contribution in [3.8, 4) is 5.69 Å². The van der Waals surface area contributed by atoms with Crippen molar-refractivity contribution in [2.45, 2.75) is 52.4 Å². The smallest absolute Gasteiger partial charge is 0.0541 e. The van der Waals surface area contributed by atoms with E-state index in [9.17, 15) is 0 Å². The third-order valence-corrected chi connectivity index (χ3v) is 7.25. The van der Waals surface area contributed by atoms with Gasteiger partial charge in [-0.05, 0) is 64.4 Å². The highest BCUT2D eigenvalue weighted by Gasteiger charge is 2.21. The average Bonchev–Trinajstić information content (AvgIpc) is 3.32. The van der Waals surface area contributed by atoms with E-state index in [1.807, 2.05) is 0 Å². The minimum atomic E-state index is 0.105. The highest BCUT2D eigenvalue weighted by Crippen LogP contribution is 2.38. The lowest BCUT2D eigenvalue weighted by Gasteiger charge is -2.19. The van der Waals surface area contributed by atoms with Crippen LogP contribution in [-0.2, 0) is 10.8 Å². The van der Waals surface area contributed by atoms with Gasteiger partial charge in [-0.15, -0.1) is 0 Å². The van der Waals surface area contributed by atoms with Crippen molar-refractivity contribution in [3.63, 3.8) is 0 Å². The van der Waals surface area contributed by atoms with E-state index in [0.717, 1.165) is 0 Å². The molecule has 170 valence electrons. The molecule has 2 heteroatoms. The van der Waals surface area contributed by atoms with Crippen molar-refractivity contribution in [3.05, 3.63) is 90.0 Å². The van der Waals surface area contributed by atoms with Crippen LogP contribution in [0.3, 0.4) is 0 Å². The predicted octanol–water partition coefficient (Wildman–Crippen LogP) is 9.01. The van der Waals surface area contributed by atoms with Gasteiger partial charge in [0.05, 0.1) is 11.0 Å². The van der Waals surface area contributed by atoms with Crippen LogP contribution < -0.4 is 0 Å². The number of nitrogens with zero attached hydrogens (tertiary/aromatic N) is 1. The molecule has 6 rings (SSSR count). The number of aromatic nitrogens is 2. The Balaban J connectivity index is 1.68. The molecule has 0 atom stereocenters. The quantitative estimate of drug-likeness (QED) is 0.261. The van der Waals surface area contributed by atoms with E-state index < -0.39 is 0 Å². The number of aromatic amines is 1. The number of H-pyrrole nitrogens is 1. The first-order chi connectivity index (χ1) is 16.1. The van der Waals surface area contributed by atoms with Crippen LogP contribution in [0, 0.1) is 0 Å². The van der Waals surface area contributed by atoms with Crippen LogP contribution >= 0.6 is 0 Å². The van der Waals surface area contributed by atoms with E-state index in [1.54, 1.807) is 0 Å². The van der Waals surface area contributed by atoms with Crippen molar-refractivity contribution in [2.24, 2.45) is 0 Å². The summed E-state index contributed by atoms with van der Waals surface area (Å²) in [6, 6.07) is 29.4. The summed E-state index contributed by atoms with van der Waals surface area (Å²) in [7, 11) is 0. The van der Waals surface area contributed by atoms with Crippen molar-refractivity contribution >= 4 is 43.6 Å². The summed E-state index contributed by atoms with van der Waals surface area (Å²) in [5, 5.41) is 5.19. The molecule has 0 fully saturated rings. The Labute approximate surface area is 201 Å². The number of hydrogen-bond acceptors (Lipinski definition) is 0. The molecule has 0 radical (unpaired) electrons. The fourth-order valence-electron chi connectivity index (χ4n) is 5.22. The SMILES string of the molecule is CC(C)(C)c1ccc2c(c1)c1cc(C(C)(C)C)ccc1n2-c1ccc2c(c1)[nH]c1ccccc12. The van der Waals surface area contributed by atoms with Gasteiger partial charge < -0.3 is 9.55 Å². The lowest BCUT2D eigenvalue weighted by atomic mass is 9.85. The molecule has 2 aromatic heterocycles. The van der Waals surface area contributed by atoms with Gasteiger partial charge in [0.1, 0.15) is 0 Å². The number of benzene rings is 4. The van der Waals surface area contributed by atoms with E-state index in [4.69, 9.17) is 0 Å². The normalized spacial score (nSPS) is 13.0. The molecule has 6 aromatic rings. The zero-order valence-electron chi connectivity index (χ0n) is 21.0. The monoisotopic (exact) mass is 444 g/mol. The molecule has 0 bridgehead atoms. The van der Waals surface area contributed by atoms with Crippen LogP contribution in [0.1, 0.15) is 52.7 Å². The minimum absolute atomic E-state index is 0.105. The molecule has 2 heterocycles. The zero-order chi connectivity index (χ0) is 23.8. The van der Waals surface area contributed by atoms with Gasteiger partial charge in [0.15, 0.2) is 0 Å². The van der Waals surface area contributed by atoms with Crippen LogP contribution in [0.4, 0.5) is 0 Å². The third kappa shape index (κ3) is 3.16. The Bertz CT molecular complexity index is 1640. The Morgan fingerprint density at radius 2 is 1.09 bits per heavy atom. The molecule has 1 N–H and O–H groups in total. The summed E-state index contributed by atoms with van der Waals surface area (Å²) >= 11 is 0. The maximum Gasteiger partial charge on any atom is 0.0541 e. The maximum atomic E-state index is 3.62. The first-order valence-corrected chi connectivity index (χ1v) is 12.2. The fraction of sp³-hybridized carbons (Fsp3) is 0.250. The predicted molar refractivity (Wildman–Crippen MR) is 148 cm³/mol. The Hall–Kier alpha value is -3.52. The summed E-state index contributed by atoms with van der Waals surface area (Å²) in [5.74, 6) is 0. The van der Waals surface area contributed by atoms with Crippen LogP contribution in [0.25, 0.3) is 49.3 Å². The third-order valence-electron chi connectivity index (χ3n) is 7.25. The molecule has 2 nitrogen and oxygen atoms in total. The molecule has 34 heavy (non-hydrogen) atoms. The van der Waals surface area contributed by atoms with Gasteiger partial charge in [-0.1, -0.05) is 77.9 Å². The summed E-state index contributed by atoms with van der Waals surface area (Å²) in [6.45, 7) is 13.7. The molecule has 4 aromatic carbocycles.